The first kappa shape index (κ1) is 16.7. The SMILES string of the molecule is O=C(Nc1ccc(F)c(Cl)c1)C1CC1C(=O)Nc1ccccc1Cl. The molecule has 2 aromatic carbocycles. The molecule has 2 amide bonds. The highest BCUT2D eigenvalue weighted by molar-refractivity contribution is 6.33. The summed E-state index contributed by atoms with van der Waals surface area (Å²) in [6, 6.07) is 10.8. The number of anilines is 2. The van der Waals surface area contributed by atoms with Crippen molar-refractivity contribution in [3.8, 4) is 0 Å². The predicted octanol–water partition coefficient (Wildman–Crippen LogP) is 4.35. The maximum atomic E-state index is 13.1. The van der Waals surface area contributed by atoms with Gasteiger partial charge in [-0.05, 0) is 36.8 Å². The van der Waals surface area contributed by atoms with Crippen molar-refractivity contribution in [2.75, 3.05) is 10.6 Å². The molecule has 2 aromatic rings. The minimum absolute atomic E-state index is 0.0726. The fourth-order valence-corrected chi connectivity index (χ4v) is 2.73. The average molecular weight is 367 g/mol. The predicted molar refractivity (Wildman–Crippen MR) is 91.7 cm³/mol. The number of carbonyl (C=O) groups excluding carboxylic acids is 2. The second-order valence-corrected chi connectivity index (χ2v) is 6.35. The van der Waals surface area contributed by atoms with Gasteiger partial charge in [0.05, 0.1) is 27.6 Å². The van der Waals surface area contributed by atoms with E-state index < -0.39 is 17.7 Å². The molecular weight excluding hydrogens is 354 g/mol. The first-order chi connectivity index (χ1) is 11.5. The van der Waals surface area contributed by atoms with E-state index in [9.17, 15) is 14.0 Å². The molecule has 0 radical (unpaired) electrons. The van der Waals surface area contributed by atoms with Crippen molar-refractivity contribution < 1.29 is 14.0 Å². The standard InChI is InChI=1S/C17H13Cl2FN2O2/c18-12-3-1-2-4-15(12)22-17(24)11-8-10(11)16(23)21-9-5-6-14(20)13(19)7-9/h1-7,10-11H,8H2,(H,21,23)(H,22,24). The number of nitrogens with one attached hydrogen (secondary N) is 2. The molecular formula is C17H13Cl2FN2O2. The van der Waals surface area contributed by atoms with Crippen molar-refractivity contribution in [2.45, 2.75) is 6.42 Å². The molecule has 2 atom stereocenters. The second kappa shape index (κ2) is 6.79. The van der Waals surface area contributed by atoms with E-state index in [2.05, 4.69) is 10.6 Å². The molecule has 3 rings (SSSR count). The highest BCUT2D eigenvalue weighted by Crippen LogP contribution is 2.40. The molecule has 0 saturated heterocycles. The Kier molecular flexibility index (Phi) is 4.73. The average Bonchev–Trinajstić information content (AvgIpc) is 3.34. The number of hydrogen-bond acceptors (Lipinski definition) is 2. The van der Waals surface area contributed by atoms with Gasteiger partial charge in [-0.15, -0.1) is 0 Å². The van der Waals surface area contributed by atoms with Crippen LogP contribution in [0.3, 0.4) is 0 Å². The summed E-state index contributed by atoms with van der Waals surface area (Å²) in [5, 5.41) is 5.72. The number of hydrogen-bond donors (Lipinski definition) is 2. The van der Waals surface area contributed by atoms with E-state index in [-0.39, 0.29) is 16.8 Å². The van der Waals surface area contributed by atoms with Crippen LogP contribution in [-0.4, -0.2) is 11.8 Å². The molecule has 24 heavy (non-hydrogen) atoms. The number of para-hydroxylation sites is 1. The van der Waals surface area contributed by atoms with Crippen molar-refractivity contribution in [1.29, 1.82) is 0 Å². The molecule has 1 fully saturated rings. The summed E-state index contributed by atoms with van der Waals surface area (Å²) in [5.41, 5.74) is 0.907. The zero-order chi connectivity index (χ0) is 17.3. The summed E-state index contributed by atoms with van der Waals surface area (Å²) < 4.78 is 13.1. The van der Waals surface area contributed by atoms with Crippen LogP contribution in [0.4, 0.5) is 15.8 Å². The minimum atomic E-state index is -0.557. The lowest BCUT2D eigenvalue weighted by molar-refractivity contribution is -0.122. The number of benzene rings is 2. The Bertz CT molecular complexity index is 813. The summed E-state index contributed by atoms with van der Waals surface area (Å²) in [7, 11) is 0. The zero-order valence-corrected chi connectivity index (χ0v) is 13.9. The molecule has 0 aromatic heterocycles. The number of carbonyl (C=O) groups is 2. The molecule has 1 aliphatic rings. The van der Waals surface area contributed by atoms with Gasteiger partial charge < -0.3 is 10.6 Å². The van der Waals surface area contributed by atoms with Crippen LogP contribution < -0.4 is 10.6 Å². The number of halogens is 3. The Balaban J connectivity index is 1.58. The number of rotatable bonds is 4. The summed E-state index contributed by atoms with van der Waals surface area (Å²) in [6.45, 7) is 0. The van der Waals surface area contributed by atoms with E-state index in [1.165, 1.54) is 18.2 Å². The molecule has 0 heterocycles. The van der Waals surface area contributed by atoms with Crippen LogP contribution >= 0.6 is 23.2 Å². The van der Waals surface area contributed by atoms with Crippen molar-refractivity contribution in [3.63, 3.8) is 0 Å². The van der Waals surface area contributed by atoms with E-state index in [1.807, 2.05) is 0 Å². The zero-order valence-electron chi connectivity index (χ0n) is 12.4. The largest absolute Gasteiger partial charge is 0.326 e. The van der Waals surface area contributed by atoms with Crippen LogP contribution in [0.2, 0.25) is 10.0 Å². The summed E-state index contributed by atoms with van der Waals surface area (Å²) in [4.78, 5) is 24.3. The fraction of sp³-hybridized carbons (Fsp3) is 0.176. The van der Waals surface area contributed by atoms with Crippen molar-refractivity contribution in [3.05, 3.63) is 58.3 Å². The molecule has 0 spiro atoms. The molecule has 2 N–H and O–H groups in total. The number of amides is 2. The third-order valence-electron chi connectivity index (χ3n) is 3.78. The van der Waals surface area contributed by atoms with Crippen LogP contribution in [0.1, 0.15) is 6.42 Å². The van der Waals surface area contributed by atoms with Crippen molar-refractivity contribution >= 4 is 46.4 Å². The van der Waals surface area contributed by atoms with Crippen LogP contribution in [0, 0.1) is 17.7 Å². The van der Waals surface area contributed by atoms with E-state index in [1.54, 1.807) is 24.3 Å². The molecule has 4 nitrogen and oxygen atoms in total. The molecule has 7 heteroatoms. The lowest BCUT2D eigenvalue weighted by atomic mass is 10.2. The third-order valence-corrected chi connectivity index (χ3v) is 4.40. The van der Waals surface area contributed by atoms with Crippen molar-refractivity contribution in [2.24, 2.45) is 11.8 Å². The Hall–Kier alpha value is -2.11. The van der Waals surface area contributed by atoms with E-state index in [4.69, 9.17) is 23.2 Å². The van der Waals surface area contributed by atoms with E-state index >= 15 is 0 Å². The van der Waals surface area contributed by atoms with Gasteiger partial charge in [-0.25, -0.2) is 4.39 Å². The van der Waals surface area contributed by atoms with Gasteiger partial charge >= 0.3 is 0 Å². The third kappa shape index (κ3) is 3.68. The Labute approximate surface area is 148 Å². The second-order valence-electron chi connectivity index (χ2n) is 5.54. The van der Waals surface area contributed by atoms with Gasteiger partial charge in [-0.2, -0.15) is 0 Å². The Morgan fingerprint density at radius 1 is 0.958 bits per heavy atom. The first-order valence-corrected chi connectivity index (χ1v) is 8.02. The van der Waals surface area contributed by atoms with Crippen LogP contribution in [-0.2, 0) is 9.59 Å². The van der Waals surface area contributed by atoms with Crippen LogP contribution in [0.15, 0.2) is 42.5 Å². The maximum absolute atomic E-state index is 13.1. The molecule has 0 bridgehead atoms. The summed E-state index contributed by atoms with van der Waals surface area (Å²) >= 11 is 11.7. The van der Waals surface area contributed by atoms with Gasteiger partial charge in [0.15, 0.2) is 0 Å². The minimum Gasteiger partial charge on any atom is -0.326 e. The van der Waals surface area contributed by atoms with Gasteiger partial charge in [0.25, 0.3) is 0 Å². The summed E-state index contributed by atoms with van der Waals surface area (Å²) in [5.74, 6) is -1.93. The van der Waals surface area contributed by atoms with Gasteiger partial charge in [0, 0.05) is 5.69 Å². The van der Waals surface area contributed by atoms with Crippen molar-refractivity contribution in [1.82, 2.24) is 0 Å². The normalized spacial score (nSPS) is 18.8. The lowest BCUT2D eigenvalue weighted by Gasteiger charge is -2.07. The Morgan fingerprint density at radius 3 is 2.29 bits per heavy atom. The van der Waals surface area contributed by atoms with Gasteiger partial charge in [-0.3, -0.25) is 9.59 Å². The Morgan fingerprint density at radius 2 is 1.62 bits per heavy atom. The van der Waals surface area contributed by atoms with E-state index in [0.29, 0.717) is 22.8 Å². The topological polar surface area (TPSA) is 58.2 Å². The molecule has 1 saturated carbocycles. The molecule has 1 aliphatic carbocycles. The van der Waals surface area contributed by atoms with Gasteiger partial charge in [0.1, 0.15) is 5.82 Å². The monoisotopic (exact) mass is 366 g/mol. The first-order valence-electron chi connectivity index (χ1n) is 7.27. The van der Waals surface area contributed by atoms with Crippen LogP contribution in [0.25, 0.3) is 0 Å². The molecule has 2 unspecified atom stereocenters. The highest BCUT2D eigenvalue weighted by atomic mass is 35.5. The summed E-state index contributed by atoms with van der Waals surface area (Å²) in [6.07, 6.45) is 0.455. The van der Waals surface area contributed by atoms with Crippen LogP contribution in [0.5, 0.6) is 0 Å². The molecule has 0 aliphatic heterocycles. The fourth-order valence-electron chi connectivity index (χ4n) is 2.37. The van der Waals surface area contributed by atoms with Gasteiger partial charge in [0.2, 0.25) is 11.8 Å². The maximum Gasteiger partial charge on any atom is 0.228 e. The van der Waals surface area contributed by atoms with Gasteiger partial charge in [-0.1, -0.05) is 35.3 Å². The highest BCUT2D eigenvalue weighted by Gasteiger charge is 2.48. The molecule has 124 valence electrons. The quantitative estimate of drug-likeness (QED) is 0.844. The lowest BCUT2D eigenvalue weighted by Crippen LogP contribution is -2.20. The van der Waals surface area contributed by atoms with E-state index in [0.717, 1.165) is 0 Å². The smallest absolute Gasteiger partial charge is 0.228 e.